The third-order valence-corrected chi connectivity index (χ3v) is 4.15. The predicted octanol–water partition coefficient (Wildman–Crippen LogP) is 1.74. The molecular formula is C17H19FN4O3. The lowest BCUT2D eigenvalue weighted by Gasteiger charge is -2.36. The fourth-order valence-corrected chi connectivity index (χ4v) is 2.75. The minimum Gasteiger partial charge on any atom is -0.494 e. The smallest absolute Gasteiger partial charge is 0.358 e. The minimum atomic E-state index is -0.509. The second-order valence-electron chi connectivity index (χ2n) is 5.56. The van der Waals surface area contributed by atoms with Crippen molar-refractivity contribution in [3.63, 3.8) is 0 Å². The molecule has 1 aromatic heterocycles. The second kappa shape index (κ2) is 7.33. The van der Waals surface area contributed by atoms with E-state index in [0.717, 1.165) is 31.9 Å². The summed E-state index contributed by atoms with van der Waals surface area (Å²) in [5.41, 5.74) is 1.00. The van der Waals surface area contributed by atoms with Gasteiger partial charge in [0.1, 0.15) is 0 Å². The number of hydrogen-bond donors (Lipinski definition) is 0. The number of methoxy groups -OCH3 is 2. The van der Waals surface area contributed by atoms with E-state index in [1.165, 1.54) is 20.3 Å². The molecule has 1 fully saturated rings. The average molecular weight is 346 g/mol. The van der Waals surface area contributed by atoms with Crippen molar-refractivity contribution in [2.75, 3.05) is 50.2 Å². The standard InChI is InChI=1S/C17H19FN4O3/c1-24-15-5-3-12(11-13(15)18)21-7-9-22(10-8-21)16-6-4-14(19-20-16)17(23)25-2/h3-6,11H,7-10H2,1-2H3. The van der Waals surface area contributed by atoms with E-state index in [4.69, 9.17) is 4.74 Å². The second-order valence-corrected chi connectivity index (χ2v) is 5.56. The first-order valence-corrected chi connectivity index (χ1v) is 7.88. The number of aromatic nitrogens is 2. The van der Waals surface area contributed by atoms with Gasteiger partial charge in [-0.05, 0) is 24.3 Å². The van der Waals surface area contributed by atoms with Gasteiger partial charge in [-0.2, -0.15) is 0 Å². The zero-order chi connectivity index (χ0) is 17.8. The molecule has 0 bridgehead atoms. The number of rotatable bonds is 4. The molecule has 0 saturated carbocycles. The van der Waals surface area contributed by atoms with E-state index in [1.54, 1.807) is 18.2 Å². The molecule has 132 valence electrons. The molecule has 0 spiro atoms. The molecule has 0 atom stereocenters. The van der Waals surface area contributed by atoms with Crippen LogP contribution in [-0.4, -0.2) is 56.6 Å². The number of piperazine rings is 1. The summed E-state index contributed by atoms with van der Waals surface area (Å²) in [7, 11) is 2.75. The molecule has 1 aliphatic rings. The molecule has 8 heteroatoms. The van der Waals surface area contributed by atoms with Crippen molar-refractivity contribution in [3.05, 3.63) is 41.8 Å². The van der Waals surface area contributed by atoms with E-state index in [9.17, 15) is 9.18 Å². The summed E-state index contributed by atoms with van der Waals surface area (Å²) < 4.78 is 23.4. The fraction of sp³-hybridized carbons (Fsp3) is 0.353. The van der Waals surface area contributed by atoms with Crippen LogP contribution in [0.2, 0.25) is 0 Å². The van der Waals surface area contributed by atoms with Gasteiger partial charge >= 0.3 is 5.97 Å². The summed E-state index contributed by atoms with van der Waals surface area (Å²) in [6.45, 7) is 2.90. The molecule has 7 nitrogen and oxygen atoms in total. The topological polar surface area (TPSA) is 67.8 Å². The maximum atomic E-state index is 13.9. The van der Waals surface area contributed by atoms with Crippen LogP contribution in [0.1, 0.15) is 10.5 Å². The van der Waals surface area contributed by atoms with E-state index in [2.05, 4.69) is 24.7 Å². The summed E-state index contributed by atoms with van der Waals surface area (Å²) in [5, 5.41) is 7.98. The van der Waals surface area contributed by atoms with Crippen molar-refractivity contribution in [1.29, 1.82) is 0 Å². The third kappa shape index (κ3) is 3.62. The summed E-state index contributed by atoms with van der Waals surface area (Å²) in [6, 6.07) is 8.32. The minimum absolute atomic E-state index is 0.179. The highest BCUT2D eigenvalue weighted by atomic mass is 19.1. The Morgan fingerprint density at radius 3 is 2.32 bits per heavy atom. The van der Waals surface area contributed by atoms with E-state index >= 15 is 0 Å². The molecule has 1 aliphatic heterocycles. The number of carbonyl (C=O) groups is 1. The summed E-state index contributed by atoms with van der Waals surface area (Å²) in [5.74, 6) is 0.0636. The number of benzene rings is 1. The molecule has 1 saturated heterocycles. The summed E-state index contributed by atoms with van der Waals surface area (Å²) in [4.78, 5) is 15.6. The van der Waals surface area contributed by atoms with Gasteiger partial charge in [0.2, 0.25) is 0 Å². The number of hydrogen-bond acceptors (Lipinski definition) is 7. The van der Waals surface area contributed by atoms with Gasteiger partial charge in [-0.1, -0.05) is 0 Å². The molecule has 0 amide bonds. The molecule has 0 radical (unpaired) electrons. The van der Waals surface area contributed by atoms with E-state index < -0.39 is 5.97 Å². The fourth-order valence-electron chi connectivity index (χ4n) is 2.75. The van der Waals surface area contributed by atoms with Crippen LogP contribution in [0, 0.1) is 5.82 Å². The van der Waals surface area contributed by atoms with Crippen molar-refractivity contribution in [2.24, 2.45) is 0 Å². The first-order chi connectivity index (χ1) is 12.1. The molecule has 2 aromatic rings. The lowest BCUT2D eigenvalue weighted by Crippen LogP contribution is -2.47. The number of halogens is 1. The first kappa shape index (κ1) is 16.9. The van der Waals surface area contributed by atoms with Crippen molar-refractivity contribution in [3.8, 4) is 5.75 Å². The molecule has 0 unspecified atom stereocenters. The largest absolute Gasteiger partial charge is 0.494 e. The van der Waals surface area contributed by atoms with Gasteiger partial charge in [0.15, 0.2) is 23.1 Å². The van der Waals surface area contributed by atoms with Crippen LogP contribution in [0.25, 0.3) is 0 Å². The Balaban J connectivity index is 1.63. The zero-order valence-electron chi connectivity index (χ0n) is 14.1. The normalized spacial score (nSPS) is 14.4. The van der Waals surface area contributed by atoms with Gasteiger partial charge < -0.3 is 19.3 Å². The van der Waals surface area contributed by atoms with E-state index in [1.807, 2.05) is 6.07 Å². The van der Waals surface area contributed by atoms with Gasteiger partial charge in [-0.3, -0.25) is 0 Å². The Morgan fingerprint density at radius 1 is 1.04 bits per heavy atom. The number of carbonyl (C=O) groups excluding carboxylic acids is 1. The molecule has 25 heavy (non-hydrogen) atoms. The van der Waals surface area contributed by atoms with E-state index in [0.29, 0.717) is 5.82 Å². The highest BCUT2D eigenvalue weighted by Crippen LogP contribution is 2.25. The molecular weight excluding hydrogens is 327 g/mol. The summed E-state index contributed by atoms with van der Waals surface area (Å²) in [6.07, 6.45) is 0. The Bertz CT molecular complexity index is 746. The Labute approximate surface area is 145 Å². The Kier molecular flexibility index (Phi) is 4.97. The number of esters is 1. The monoisotopic (exact) mass is 346 g/mol. The Morgan fingerprint density at radius 2 is 1.76 bits per heavy atom. The molecule has 0 aliphatic carbocycles. The number of anilines is 2. The van der Waals surface area contributed by atoms with Crippen LogP contribution < -0.4 is 14.5 Å². The van der Waals surface area contributed by atoms with Gasteiger partial charge in [0, 0.05) is 37.9 Å². The van der Waals surface area contributed by atoms with Gasteiger partial charge in [-0.15, -0.1) is 10.2 Å². The van der Waals surface area contributed by atoms with Crippen LogP contribution in [-0.2, 0) is 4.74 Å². The average Bonchev–Trinajstić information content (AvgIpc) is 2.67. The van der Waals surface area contributed by atoms with Crippen LogP contribution in [0.3, 0.4) is 0 Å². The lowest BCUT2D eigenvalue weighted by atomic mass is 10.2. The molecule has 0 N–H and O–H groups in total. The SMILES string of the molecule is COC(=O)c1ccc(N2CCN(c3ccc(OC)c(F)c3)CC2)nn1. The maximum Gasteiger partial charge on any atom is 0.358 e. The van der Waals surface area contributed by atoms with Crippen LogP contribution in [0.5, 0.6) is 5.75 Å². The van der Waals surface area contributed by atoms with Crippen molar-refractivity contribution in [1.82, 2.24) is 10.2 Å². The summed E-state index contributed by atoms with van der Waals surface area (Å²) >= 11 is 0. The Hall–Kier alpha value is -2.90. The third-order valence-electron chi connectivity index (χ3n) is 4.15. The number of ether oxygens (including phenoxy) is 2. The van der Waals surface area contributed by atoms with Gasteiger partial charge in [0.05, 0.1) is 14.2 Å². The maximum absolute atomic E-state index is 13.9. The van der Waals surface area contributed by atoms with Crippen molar-refractivity contribution in [2.45, 2.75) is 0 Å². The highest BCUT2D eigenvalue weighted by molar-refractivity contribution is 5.87. The molecule has 2 heterocycles. The van der Waals surface area contributed by atoms with Gasteiger partial charge in [-0.25, -0.2) is 9.18 Å². The van der Waals surface area contributed by atoms with Crippen LogP contribution in [0.4, 0.5) is 15.9 Å². The predicted molar refractivity (Wildman–Crippen MR) is 90.7 cm³/mol. The highest BCUT2D eigenvalue weighted by Gasteiger charge is 2.20. The molecule has 3 rings (SSSR count). The van der Waals surface area contributed by atoms with Crippen molar-refractivity contribution >= 4 is 17.5 Å². The number of nitrogens with zero attached hydrogens (tertiary/aromatic N) is 4. The van der Waals surface area contributed by atoms with Gasteiger partial charge in [0.25, 0.3) is 0 Å². The van der Waals surface area contributed by atoms with Crippen LogP contribution >= 0.6 is 0 Å². The molecule has 1 aromatic carbocycles. The van der Waals surface area contributed by atoms with Crippen LogP contribution in [0.15, 0.2) is 30.3 Å². The zero-order valence-corrected chi connectivity index (χ0v) is 14.1. The van der Waals surface area contributed by atoms with Crippen molar-refractivity contribution < 1.29 is 18.7 Å². The first-order valence-electron chi connectivity index (χ1n) is 7.88. The lowest BCUT2D eigenvalue weighted by molar-refractivity contribution is 0.0592. The van der Waals surface area contributed by atoms with E-state index in [-0.39, 0.29) is 17.3 Å². The quantitative estimate of drug-likeness (QED) is 0.781.